The van der Waals surface area contributed by atoms with Crippen molar-refractivity contribution in [1.82, 2.24) is 9.88 Å². The van der Waals surface area contributed by atoms with E-state index in [2.05, 4.69) is 15.6 Å². The van der Waals surface area contributed by atoms with Crippen LogP contribution in [0.1, 0.15) is 63.7 Å². The number of nitrogens with two attached hydrogens (primary N) is 1. The van der Waals surface area contributed by atoms with Crippen LogP contribution in [-0.2, 0) is 19.4 Å². The Kier molecular flexibility index (Phi) is 9.47. The summed E-state index contributed by atoms with van der Waals surface area (Å²) in [4.78, 5) is 32.3. The average Bonchev–Trinajstić information content (AvgIpc) is 3.50. The first-order valence-corrected chi connectivity index (χ1v) is 16.7. The van der Waals surface area contributed by atoms with Gasteiger partial charge >= 0.3 is 0 Å². The summed E-state index contributed by atoms with van der Waals surface area (Å²) in [6.07, 6.45) is 2.66. The van der Waals surface area contributed by atoms with Crippen LogP contribution in [0.4, 0.5) is 21.6 Å². The van der Waals surface area contributed by atoms with E-state index in [1.54, 1.807) is 55.3 Å². The lowest BCUT2D eigenvalue weighted by Gasteiger charge is -2.32. The number of hydrogen-bond donors (Lipinski definition) is 3. The van der Waals surface area contributed by atoms with Crippen molar-refractivity contribution >= 4 is 49.6 Å². The number of amides is 2. The number of fused-ring (bicyclic) bond motifs is 1. The molecule has 0 bridgehead atoms. The van der Waals surface area contributed by atoms with Gasteiger partial charge in [-0.1, -0.05) is 0 Å². The Morgan fingerprint density at radius 1 is 1.09 bits per heavy atom. The van der Waals surface area contributed by atoms with Crippen LogP contribution in [0.25, 0.3) is 10.8 Å². The first-order chi connectivity index (χ1) is 21.9. The summed E-state index contributed by atoms with van der Waals surface area (Å²) in [5.74, 6) is -0.591. The summed E-state index contributed by atoms with van der Waals surface area (Å²) in [7, 11) is -3.76. The SMILES string of the molecule is CCOc1ccc(F)c(C(Nc2ccc3c(N)nccc3c2)C(=O)N2CCCC2c2cc(NC(C)=O)ccc2S(=O)(=O)C(C)C)c1. The molecule has 3 aromatic carbocycles. The van der Waals surface area contributed by atoms with Gasteiger partial charge in [0, 0.05) is 42.0 Å². The Labute approximate surface area is 268 Å². The Bertz CT molecular complexity index is 1900. The maximum absolute atomic E-state index is 15.6. The summed E-state index contributed by atoms with van der Waals surface area (Å²) in [5.41, 5.74) is 7.49. The van der Waals surface area contributed by atoms with E-state index in [0.29, 0.717) is 54.5 Å². The standard InChI is InChI=1S/C34H38FN5O5S/c1-5-45-25-10-12-29(35)27(19-25)32(39-23-8-11-26-22(17-23)14-15-37-33(26)36)34(42)40-16-6-7-30(40)28-18-24(38-21(4)41)9-13-31(28)46(43,44)20(2)3/h8-15,17-20,30,32,39H,5-7,16H2,1-4H3,(H2,36,37)(H,38,41). The minimum Gasteiger partial charge on any atom is -0.494 e. The second kappa shape index (κ2) is 13.3. The van der Waals surface area contributed by atoms with Crippen molar-refractivity contribution in [1.29, 1.82) is 0 Å². The van der Waals surface area contributed by atoms with Gasteiger partial charge in [-0.3, -0.25) is 9.59 Å². The minimum absolute atomic E-state index is 0.0814. The average molecular weight is 648 g/mol. The molecule has 242 valence electrons. The first kappa shape index (κ1) is 32.7. The third kappa shape index (κ3) is 6.62. The van der Waals surface area contributed by atoms with Crippen LogP contribution >= 0.6 is 0 Å². The van der Waals surface area contributed by atoms with Crippen LogP contribution in [-0.4, -0.2) is 48.5 Å². The van der Waals surface area contributed by atoms with Crippen molar-refractivity contribution < 1.29 is 27.1 Å². The third-order valence-corrected chi connectivity index (χ3v) is 10.3. The highest BCUT2D eigenvalue weighted by atomic mass is 32.2. The zero-order chi connectivity index (χ0) is 33.2. The fourth-order valence-electron chi connectivity index (χ4n) is 5.85. The molecule has 46 heavy (non-hydrogen) atoms. The van der Waals surface area contributed by atoms with Gasteiger partial charge in [-0.05, 0) is 105 Å². The number of anilines is 3. The predicted octanol–water partition coefficient (Wildman–Crippen LogP) is 6.01. The number of rotatable bonds is 10. The fourth-order valence-corrected chi connectivity index (χ4v) is 7.14. The maximum atomic E-state index is 15.6. The number of halogens is 1. The molecule has 1 fully saturated rings. The lowest BCUT2D eigenvalue weighted by atomic mass is 10.00. The molecule has 0 spiro atoms. The van der Waals surface area contributed by atoms with E-state index in [1.165, 1.54) is 31.2 Å². The van der Waals surface area contributed by atoms with Gasteiger partial charge < -0.3 is 26.0 Å². The summed E-state index contributed by atoms with van der Waals surface area (Å²) in [5, 5.41) is 6.76. The molecule has 2 unspecified atom stereocenters. The van der Waals surface area contributed by atoms with E-state index in [9.17, 15) is 18.0 Å². The molecule has 10 nitrogen and oxygen atoms in total. The van der Waals surface area contributed by atoms with Gasteiger partial charge in [0.2, 0.25) is 11.8 Å². The van der Waals surface area contributed by atoms with E-state index in [-0.39, 0.29) is 16.4 Å². The van der Waals surface area contributed by atoms with Gasteiger partial charge in [0.1, 0.15) is 23.4 Å². The number of nitrogens with one attached hydrogen (secondary N) is 2. The molecule has 1 aliphatic heterocycles. The van der Waals surface area contributed by atoms with Crippen LogP contribution in [0.2, 0.25) is 0 Å². The summed E-state index contributed by atoms with van der Waals surface area (Å²) in [6.45, 7) is 7.04. The zero-order valence-corrected chi connectivity index (χ0v) is 27.0. The molecule has 0 aliphatic carbocycles. The van der Waals surface area contributed by atoms with Gasteiger partial charge in [-0.25, -0.2) is 17.8 Å². The molecular formula is C34H38FN5O5S. The lowest BCUT2D eigenvalue weighted by Crippen LogP contribution is -2.38. The Hall–Kier alpha value is -4.71. The number of benzene rings is 3. The predicted molar refractivity (Wildman–Crippen MR) is 177 cm³/mol. The number of carbonyl (C=O) groups is 2. The normalized spacial score (nSPS) is 15.6. The van der Waals surface area contributed by atoms with Gasteiger partial charge in [-0.2, -0.15) is 0 Å². The van der Waals surface area contributed by atoms with Gasteiger partial charge in [0.05, 0.1) is 22.8 Å². The van der Waals surface area contributed by atoms with Gasteiger partial charge in [0.15, 0.2) is 9.84 Å². The molecule has 12 heteroatoms. The van der Waals surface area contributed by atoms with Gasteiger partial charge in [0.25, 0.3) is 0 Å². The first-order valence-electron chi connectivity index (χ1n) is 15.2. The third-order valence-electron chi connectivity index (χ3n) is 8.09. The number of sulfone groups is 1. The largest absolute Gasteiger partial charge is 0.494 e. The molecule has 2 amide bonds. The number of nitrogens with zero attached hydrogens (tertiary/aromatic N) is 2. The number of pyridine rings is 1. The molecule has 1 saturated heterocycles. The highest BCUT2D eigenvalue weighted by molar-refractivity contribution is 7.92. The van der Waals surface area contributed by atoms with Crippen LogP contribution in [0.3, 0.4) is 0 Å². The molecule has 1 aromatic heterocycles. The molecule has 2 heterocycles. The summed E-state index contributed by atoms with van der Waals surface area (Å²) < 4.78 is 48.3. The maximum Gasteiger partial charge on any atom is 0.250 e. The van der Waals surface area contributed by atoms with Crippen molar-refractivity contribution in [3.8, 4) is 5.75 Å². The van der Waals surface area contributed by atoms with E-state index in [4.69, 9.17) is 10.5 Å². The molecule has 1 aliphatic rings. The Morgan fingerprint density at radius 3 is 2.57 bits per heavy atom. The van der Waals surface area contributed by atoms with E-state index < -0.39 is 38.9 Å². The lowest BCUT2D eigenvalue weighted by molar-refractivity contribution is -0.133. The second-order valence-corrected chi connectivity index (χ2v) is 14.0. The van der Waals surface area contributed by atoms with Crippen LogP contribution in [0.5, 0.6) is 5.75 Å². The molecule has 0 radical (unpaired) electrons. The summed E-state index contributed by atoms with van der Waals surface area (Å²) in [6, 6.07) is 14.2. The molecular weight excluding hydrogens is 609 g/mol. The molecule has 4 N–H and O–H groups in total. The molecule has 2 atom stereocenters. The molecule has 0 saturated carbocycles. The number of hydrogen-bond acceptors (Lipinski definition) is 8. The van der Waals surface area contributed by atoms with Crippen molar-refractivity contribution in [2.24, 2.45) is 0 Å². The van der Waals surface area contributed by atoms with E-state index >= 15 is 4.39 Å². The Morgan fingerprint density at radius 2 is 1.85 bits per heavy atom. The van der Waals surface area contributed by atoms with Crippen molar-refractivity contribution in [2.45, 2.75) is 62.8 Å². The monoisotopic (exact) mass is 647 g/mol. The fraction of sp³-hybridized carbons (Fsp3) is 0.324. The highest BCUT2D eigenvalue weighted by Gasteiger charge is 2.39. The second-order valence-electron chi connectivity index (χ2n) is 11.5. The van der Waals surface area contributed by atoms with Crippen LogP contribution < -0.4 is 21.1 Å². The number of nitrogen functional groups attached to an aromatic ring is 1. The van der Waals surface area contributed by atoms with Crippen LogP contribution in [0.15, 0.2) is 71.8 Å². The molecule has 5 rings (SSSR count). The van der Waals surface area contributed by atoms with Crippen LogP contribution in [0, 0.1) is 5.82 Å². The number of likely N-dealkylation sites (tertiary alicyclic amines) is 1. The van der Waals surface area contributed by atoms with Gasteiger partial charge in [-0.15, -0.1) is 0 Å². The molecule has 4 aromatic rings. The summed E-state index contributed by atoms with van der Waals surface area (Å²) >= 11 is 0. The van der Waals surface area contributed by atoms with E-state index in [1.807, 2.05) is 13.0 Å². The smallest absolute Gasteiger partial charge is 0.250 e. The van der Waals surface area contributed by atoms with E-state index in [0.717, 1.165) is 10.8 Å². The quantitative estimate of drug-likeness (QED) is 0.190. The number of ether oxygens (including phenoxy) is 1. The van der Waals surface area contributed by atoms with Crippen molar-refractivity contribution in [2.75, 3.05) is 29.5 Å². The topological polar surface area (TPSA) is 144 Å². The minimum atomic E-state index is -3.76. The highest BCUT2D eigenvalue weighted by Crippen LogP contribution is 2.40. The Balaban J connectivity index is 1.61. The number of carbonyl (C=O) groups excluding carboxylic acids is 2. The zero-order valence-electron chi connectivity index (χ0n) is 26.2. The van der Waals surface area contributed by atoms with Crippen molar-refractivity contribution in [3.63, 3.8) is 0 Å². The number of aromatic nitrogens is 1. The van der Waals surface area contributed by atoms with Crippen molar-refractivity contribution in [3.05, 3.63) is 83.8 Å².